The lowest BCUT2D eigenvalue weighted by Crippen LogP contribution is -2.45. The van der Waals surface area contributed by atoms with Crippen molar-refractivity contribution < 1.29 is 17.9 Å². The molecule has 2 saturated heterocycles. The Balaban J connectivity index is 1.21. The summed E-state index contributed by atoms with van der Waals surface area (Å²) in [6.07, 6.45) is 3.25. The summed E-state index contributed by atoms with van der Waals surface area (Å²) in [7, 11) is -2.95. The number of amides is 1. The number of carbonyl (C=O) groups excluding carboxylic acids is 1. The van der Waals surface area contributed by atoms with Crippen molar-refractivity contribution in [2.45, 2.75) is 32.2 Å². The predicted molar refractivity (Wildman–Crippen MR) is 124 cm³/mol. The maximum Gasteiger partial charge on any atom is 0.225 e. The van der Waals surface area contributed by atoms with Gasteiger partial charge in [0, 0.05) is 19.6 Å². The average molecular weight is 455 g/mol. The lowest BCUT2D eigenvalue weighted by molar-refractivity contribution is -0.128. The predicted octanol–water partition coefficient (Wildman–Crippen LogP) is 2.71. The van der Waals surface area contributed by atoms with E-state index in [4.69, 9.17) is 4.74 Å². The molecule has 3 aliphatic rings. The van der Waals surface area contributed by atoms with Crippen molar-refractivity contribution in [2.24, 2.45) is 11.3 Å². The molecule has 2 N–H and O–H groups in total. The minimum atomic E-state index is -2.95. The third-order valence-corrected chi connectivity index (χ3v) is 9.02. The molecular formula is C25H30N2O4S. The Morgan fingerprint density at radius 3 is 2.62 bits per heavy atom. The Bertz CT molecular complexity index is 1100. The first-order valence-electron chi connectivity index (χ1n) is 11.5. The van der Waals surface area contributed by atoms with Gasteiger partial charge < -0.3 is 15.4 Å². The van der Waals surface area contributed by atoms with E-state index in [0.717, 1.165) is 42.9 Å². The maximum absolute atomic E-state index is 13.0. The third-order valence-electron chi connectivity index (χ3n) is 7.37. The van der Waals surface area contributed by atoms with E-state index in [1.807, 2.05) is 0 Å². The van der Waals surface area contributed by atoms with Crippen LogP contribution in [-0.4, -0.2) is 45.5 Å². The van der Waals surface area contributed by atoms with Crippen molar-refractivity contribution in [3.63, 3.8) is 0 Å². The number of rotatable bonds is 4. The highest BCUT2D eigenvalue weighted by Crippen LogP contribution is 2.42. The molecular weight excluding hydrogens is 424 g/mol. The van der Waals surface area contributed by atoms with Gasteiger partial charge in [-0.1, -0.05) is 30.3 Å². The maximum atomic E-state index is 13.0. The molecule has 3 aliphatic heterocycles. The van der Waals surface area contributed by atoms with Crippen LogP contribution in [0.5, 0.6) is 5.75 Å². The molecule has 1 atom stereocenters. The molecule has 6 nitrogen and oxygen atoms in total. The molecule has 170 valence electrons. The van der Waals surface area contributed by atoms with E-state index in [1.54, 1.807) is 0 Å². The number of ether oxygens (including phenoxy) is 1. The van der Waals surface area contributed by atoms with E-state index in [1.165, 1.54) is 11.1 Å². The zero-order valence-electron chi connectivity index (χ0n) is 18.2. The van der Waals surface area contributed by atoms with Crippen LogP contribution in [0.1, 0.15) is 30.4 Å². The van der Waals surface area contributed by atoms with Gasteiger partial charge in [0.25, 0.3) is 0 Å². The number of fused-ring (bicyclic) bond motifs is 1. The van der Waals surface area contributed by atoms with Crippen LogP contribution in [0.4, 0.5) is 0 Å². The SMILES string of the molecule is O=C(NCc1ccc(-c2ccc3c(c2)CCCO3)cc1)C1CNCC12CCS(=O)(=O)CC2. The van der Waals surface area contributed by atoms with Gasteiger partial charge in [0.2, 0.25) is 5.91 Å². The molecule has 7 heteroatoms. The summed E-state index contributed by atoms with van der Waals surface area (Å²) in [5.41, 5.74) is 4.41. The first-order valence-corrected chi connectivity index (χ1v) is 13.3. The molecule has 0 radical (unpaired) electrons. The highest BCUT2D eigenvalue weighted by Gasteiger charge is 2.49. The van der Waals surface area contributed by atoms with E-state index in [9.17, 15) is 13.2 Å². The normalized spacial score (nSPS) is 23.3. The zero-order chi connectivity index (χ0) is 22.2. The van der Waals surface area contributed by atoms with Crippen molar-refractivity contribution in [1.29, 1.82) is 0 Å². The van der Waals surface area contributed by atoms with E-state index in [2.05, 4.69) is 53.1 Å². The van der Waals surface area contributed by atoms with Gasteiger partial charge >= 0.3 is 0 Å². The fraction of sp³-hybridized carbons (Fsp3) is 0.480. The zero-order valence-corrected chi connectivity index (χ0v) is 19.0. The van der Waals surface area contributed by atoms with Gasteiger partial charge in [-0.15, -0.1) is 0 Å². The Morgan fingerprint density at radius 2 is 1.84 bits per heavy atom. The highest BCUT2D eigenvalue weighted by atomic mass is 32.2. The number of hydrogen-bond donors (Lipinski definition) is 2. The fourth-order valence-corrected chi connectivity index (χ4v) is 6.95. The van der Waals surface area contributed by atoms with Gasteiger partial charge in [-0.3, -0.25) is 4.79 Å². The Labute approximate surface area is 189 Å². The summed E-state index contributed by atoms with van der Waals surface area (Å²) in [4.78, 5) is 13.0. The molecule has 0 aromatic heterocycles. The standard InChI is InChI=1S/C25H30N2O4S/c28-24(22-16-26-17-25(22)9-12-32(29,30)13-10-25)27-15-18-3-5-19(6-4-18)20-7-8-23-21(14-20)2-1-11-31-23/h3-8,14,22,26H,1-2,9-13,15-17H2,(H,27,28). The topological polar surface area (TPSA) is 84.5 Å². The van der Waals surface area contributed by atoms with E-state index in [0.29, 0.717) is 25.9 Å². The van der Waals surface area contributed by atoms with Gasteiger partial charge in [0.15, 0.2) is 0 Å². The minimum Gasteiger partial charge on any atom is -0.493 e. The number of hydrogen-bond acceptors (Lipinski definition) is 5. The van der Waals surface area contributed by atoms with Crippen molar-refractivity contribution in [3.8, 4) is 16.9 Å². The summed E-state index contributed by atoms with van der Waals surface area (Å²) in [6, 6.07) is 14.7. The number of sulfone groups is 1. The van der Waals surface area contributed by atoms with Gasteiger partial charge in [0.1, 0.15) is 15.6 Å². The number of aryl methyl sites for hydroxylation is 1. The first-order chi connectivity index (χ1) is 15.4. The van der Waals surface area contributed by atoms with Crippen LogP contribution in [0.2, 0.25) is 0 Å². The van der Waals surface area contributed by atoms with Crippen LogP contribution in [0.3, 0.4) is 0 Å². The average Bonchev–Trinajstić information content (AvgIpc) is 3.23. The molecule has 32 heavy (non-hydrogen) atoms. The molecule has 0 bridgehead atoms. The minimum absolute atomic E-state index is 0.0214. The summed E-state index contributed by atoms with van der Waals surface area (Å²) < 4.78 is 29.4. The largest absolute Gasteiger partial charge is 0.493 e. The van der Waals surface area contributed by atoms with Crippen LogP contribution >= 0.6 is 0 Å². The van der Waals surface area contributed by atoms with Crippen molar-refractivity contribution in [1.82, 2.24) is 10.6 Å². The molecule has 2 aromatic carbocycles. The van der Waals surface area contributed by atoms with Crippen LogP contribution in [0, 0.1) is 11.3 Å². The molecule has 1 amide bonds. The van der Waals surface area contributed by atoms with Crippen molar-refractivity contribution in [3.05, 3.63) is 53.6 Å². The molecule has 0 aliphatic carbocycles. The fourth-order valence-electron chi connectivity index (χ4n) is 5.31. The van der Waals surface area contributed by atoms with Crippen molar-refractivity contribution >= 4 is 15.7 Å². The number of carbonyl (C=O) groups is 1. The van der Waals surface area contributed by atoms with E-state index in [-0.39, 0.29) is 28.7 Å². The van der Waals surface area contributed by atoms with Crippen LogP contribution < -0.4 is 15.4 Å². The molecule has 0 saturated carbocycles. The van der Waals surface area contributed by atoms with Crippen LogP contribution in [0.15, 0.2) is 42.5 Å². The molecule has 3 heterocycles. The summed E-state index contributed by atoms with van der Waals surface area (Å²) in [6.45, 7) is 2.61. The lowest BCUT2D eigenvalue weighted by Gasteiger charge is -2.37. The number of benzene rings is 2. The smallest absolute Gasteiger partial charge is 0.225 e. The molecule has 1 unspecified atom stereocenters. The third kappa shape index (κ3) is 4.28. The Hall–Kier alpha value is -2.38. The van der Waals surface area contributed by atoms with Gasteiger partial charge in [-0.25, -0.2) is 8.42 Å². The first kappa shape index (κ1) is 21.5. The van der Waals surface area contributed by atoms with Gasteiger partial charge in [-0.05, 0) is 65.5 Å². The lowest BCUT2D eigenvalue weighted by atomic mass is 9.73. The summed E-state index contributed by atoms with van der Waals surface area (Å²) in [5, 5.41) is 6.41. The van der Waals surface area contributed by atoms with E-state index >= 15 is 0 Å². The quantitative estimate of drug-likeness (QED) is 0.742. The van der Waals surface area contributed by atoms with Crippen molar-refractivity contribution in [2.75, 3.05) is 31.2 Å². The Kier molecular flexibility index (Phi) is 5.72. The summed E-state index contributed by atoms with van der Waals surface area (Å²) >= 11 is 0. The molecule has 2 aromatic rings. The second-order valence-corrected chi connectivity index (χ2v) is 11.7. The van der Waals surface area contributed by atoms with Gasteiger partial charge in [0.05, 0.1) is 24.0 Å². The number of nitrogens with one attached hydrogen (secondary N) is 2. The van der Waals surface area contributed by atoms with Crippen LogP contribution in [-0.2, 0) is 27.6 Å². The summed E-state index contributed by atoms with van der Waals surface area (Å²) in [5.74, 6) is 1.22. The second kappa shape index (κ2) is 8.52. The van der Waals surface area contributed by atoms with Crippen LogP contribution in [0.25, 0.3) is 11.1 Å². The monoisotopic (exact) mass is 454 g/mol. The molecule has 2 fully saturated rings. The van der Waals surface area contributed by atoms with Gasteiger partial charge in [-0.2, -0.15) is 0 Å². The molecule has 5 rings (SSSR count). The highest BCUT2D eigenvalue weighted by molar-refractivity contribution is 7.91. The van der Waals surface area contributed by atoms with E-state index < -0.39 is 9.84 Å². The second-order valence-electron chi connectivity index (χ2n) is 9.39. The Morgan fingerprint density at radius 1 is 1.09 bits per heavy atom. The molecule has 1 spiro atoms.